The Morgan fingerprint density at radius 2 is 1.15 bits per heavy atom. The molecule has 0 aliphatic rings. The van der Waals surface area contributed by atoms with Crippen LogP contribution in [0.4, 0.5) is 0 Å². The third-order valence-corrected chi connectivity index (χ3v) is 8.19. The summed E-state index contributed by atoms with van der Waals surface area (Å²) < 4.78 is 51.8. The zero-order chi connectivity index (χ0) is 19.5. The molecule has 2 heterocycles. The van der Waals surface area contributed by atoms with Crippen molar-refractivity contribution in [3.05, 3.63) is 47.1 Å². The molecule has 0 unspecified atom stereocenters. The first-order chi connectivity index (χ1) is 12.1. The second-order valence-corrected chi connectivity index (χ2v) is 10.6. The molecule has 0 aliphatic carbocycles. The third kappa shape index (κ3) is 4.57. The molecule has 2 aromatic rings. The Hall–Kier alpha value is -1.58. The van der Waals surface area contributed by atoms with Crippen LogP contribution >= 0.6 is 21.6 Å². The molecule has 0 atom stereocenters. The van der Waals surface area contributed by atoms with Crippen molar-refractivity contribution >= 4 is 41.6 Å². The second kappa shape index (κ2) is 7.98. The van der Waals surface area contributed by atoms with Crippen molar-refractivity contribution < 1.29 is 26.3 Å². The van der Waals surface area contributed by atoms with E-state index in [4.69, 9.17) is 0 Å². The van der Waals surface area contributed by atoms with Gasteiger partial charge in [-0.05, 0) is 14.1 Å². The Bertz CT molecular complexity index is 943. The van der Waals surface area contributed by atoms with Gasteiger partial charge in [0.25, 0.3) is 0 Å². The van der Waals surface area contributed by atoms with Gasteiger partial charge < -0.3 is 10.4 Å². The summed E-state index contributed by atoms with van der Waals surface area (Å²) in [7, 11) is -3.26. The van der Waals surface area contributed by atoms with Gasteiger partial charge in [0.05, 0.1) is 0 Å². The van der Waals surface area contributed by atoms with E-state index in [1.54, 1.807) is 0 Å². The van der Waals surface area contributed by atoms with Gasteiger partial charge in [-0.1, -0.05) is 21.6 Å². The molecular formula is C12H14N4O6S4. The largest absolute Gasteiger partial charge is 0.618 e. The smallest absolute Gasteiger partial charge is 0.324 e. The van der Waals surface area contributed by atoms with Crippen LogP contribution in [0.3, 0.4) is 0 Å². The van der Waals surface area contributed by atoms with E-state index in [0.717, 1.165) is 34.0 Å². The van der Waals surface area contributed by atoms with Gasteiger partial charge in [0, 0.05) is 34.1 Å². The molecule has 0 aliphatic heterocycles. The molecule has 0 amide bonds. The van der Waals surface area contributed by atoms with Crippen LogP contribution < -0.4 is 18.9 Å². The van der Waals surface area contributed by atoms with Gasteiger partial charge >= 0.3 is 30.1 Å². The summed E-state index contributed by atoms with van der Waals surface area (Å²) in [6, 6.07) is 5.22. The van der Waals surface area contributed by atoms with E-state index < -0.39 is 30.1 Å². The highest BCUT2D eigenvalue weighted by Crippen LogP contribution is 2.37. The number of rotatable bonds is 7. The van der Waals surface area contributed by atoms with Crippen LogP contribution in [0.25, 0.3) is 0 Å². The molecule has 0 saturated heterocycles. The van der Waals surface area contributed by atoms with Gasteiger partial charge in [-0.15, -0.1) is 0 Å². The van der Waals surface area contributed by atoms with Gasteiger partial charge in [-0.3, -0.25) is 0 Å². The van der Waals surface area contributed by atoms with Gasteiger partial charge in [-0.2, -0.15) is 9.46 Å². The Kier molecular flexibility index (Phi) is 6.36. The number of aromatic nitrogens is 2. The number of nitrogens with zero attached hydrogens (tertiary/aromatic N) is 2. The van der Waals surface area contributed by atoms with Gasteiger partial charge in [-0.25, -0.2) is 26.3 Å². The second-order valence-electron chi connectivity index (χ2n) is 4.63. The van der Waals surface area contributed by atoms with Crippen LogP contribution in [0.2, 0.25) is 0 Å². The molecule has 0 radical (unpaired) electrons. The van der Waals surface area contributed by atoms with Gasteiger partial charge in [0.2, 0.25) is 0 Å². The summed E-state index contributed by atoms with van der Waals surface area (Å²) in [6.45, 7) is 0. The molecule has 2 rings (SSSR count). The fourth-order valence-corrected chi connectivity index (χ4v) is 5.37. The normalized spacial score (nSPS) is 12.2. The van der Waals surface area contributed by atoms with Crippen molar-refractivity contribution in [3.8, 4) is 0 Å². The predicted molar refractivity (Wildman–Crippen MR) is 95.0 cm³/mol. The zero-order valence-electron chi connectivity index (χ0n) is 13.4. The van der Waals surface area contributed by atoms with E-state index in [2.05, 4.69) is 9.44 Å². The highest BCUT2D eigenvalue weighted by Gasteiger charge is 2.24. The minimum atomic E-state index is -3.92. The fourth-order valence-electron chi connectivity index (χ4n) is 1.70. The minimum absolute atomic E-state index is 0.223. The molecule has 0 fully saturated rings. The molecule has 26 heavy (non-hydrogen) atoms. The van der Waals surface area contributed by atoms with Crippen LogP contribution in [0.15, 0.2) is 56.5 Å². The Balaban J connectivity index is 2.28. The lowest BCUT2D eigenvalue weighted by atomic mass is 10.5. The standard InChI is InChI=1S/C12H14N4O6S4/c1-13-25(19,20)11-7-9(3-5-15(11)17)23-24-10-4-6-16(18)12(8-10)26(21,22)14-2/h3-8,13-14H,1-2H3. The lowest BCUT2D eigenvalue weighted by molar-refractivity contribution is -0.647. The quantitative estimate of drug-likeness (QED) is 0.336. The Labute approximate surface area is 158 Å². The van der Waals surface area contributed by atoms with Crippen LogP contribution in [0, 0.1) is 10.4 Å². The summed E-state index contributed by atoms with van der Waals surface area (Å²) in [5, 5.41) is 22.4. The van der Waals surface area contributed by atoms with Crippen molar-refractivity contribution in [2.75, 3.05) is 14.1 Å². The minimum Gasteiger partial charge on any atom is -0.618 e. The molecule has 14 heteroatoms. The number of pyridine rings is 2. The van der Waals surface area contributed by atoms with Crippen LogP contribution in [0.1, 0.15) is 0 Å². The molecule has 0 spiro atoms. The van der Waals surface area contributed by atoms with E-state index in [-0.39, 0.29) is 9.46 Å². The maximum atomic E-state index is 11.8. The fraction of sp³-hybridized carbons (Fsp3) is 0.167. The monoisotopic (exact) mass is 438 g/mol. The number of hydrogen-bond acceptors (Lipinski definition) is 8. The summed E-state index contributed by atoms with van der Waals surface area (Å²) in [6.07, 6.45) is 2.11. The van der Waals surface area contributed by atoms with Crippen LogP contribution in [-0.2, 0) is 20.0 Å². The molecule has 10 nitrogen and oxygen atoms in total. The van der Waals surface area contributed by atoms with Crippen LogP contribution in [0.5, 0.6) is 0 Å². The van der Waals surface area contributed by atoms with Crippen molar-refractivity contribution in [3.63, 3.8) is 0 Å². The predicted octanol–water partition coefficient (Wildman–Crippen LogP) is -0.431. The summed E-state index contributed by atoms with van der Waals surface area (Å²) >= 11 is 0. The highest BCUT2D eigenvalue weighted by molar-refractivity contribution is 8.76. The van der Waals surface area contributed by atoms with E-state index in [9.17, 15) is 27.3 Å². The van der Waals surface area contributed by atoms with Crippen molar-refractivity contribution in [2.24, 2.45) is 0 Å². The summed E-state index contributed by atoms with van der Waals surface area (Å²) in [5.74, 6) is 0. The van der Waals surface area contributed by atoms with Crippen molar-refractivity contribution in [1.29, 1.82) is 0 Å². The Morgan fingerprint density at radius 1 is 0.808 bits per heavy atom. The molecule has 0 saturated carbocycles. The molecular weight excluding hydrogens is 424 g/mol. The first kappa shape index (κ1) is 20.7. The SMILES string of the molecule is CNS(=O)(=O)c1cc(SSc2cc[n+]([O-])c(S(=O)(=O)NC)c2)cc[n+]1[O-]. The number of nitrogens with one attached hydrogen (secondary N) is 2. The van der Waals surface area contributed by atoms with Gasteiger partial charge in [0.1, 0.15) is 0 Å². The molecule has 0 aromatic carbocycles. The summed E-state index contributed by atoms with van der Waals surface area (Å²) in [5.41, 5.74) is 0. The average molecular weight is 439 g/mol. The third-order valence-electron chi connectivity index (χ3n) is 3.04. The number of sulfonamides is 2. The van der Waals surface area contributed by atoms with E-state index >= 15 is 0 Å². The average Bonchev–Trinajstić information content (AvgIpc) is 2.61. The first-order valence-corrected chi connectivity index (χ1v) is 11.9. The lowest BCUT2D eigenvalue weighted by Gasteiger charge is -2.08. The van der Waals surface area contributed by atoms with E-state index in [1.807, 2.05) is 0 Å². The van der Waals surface area contributed by atoms with Gasteiger partial charge in [0.15, 0.2) is 12.4 Å². The maximum Gasteiger partial charge on any atom is 0.324 e. The maximum absolute atomic E-state index is 11.8. The Morgan fingerprint density at radius 3 is 1.46 bits per heavy atom. The summed E-state index contributed by atoms with van der Waals surface area (Å²) in [4.78, 5) is 0.903. The molecule has 142 valence electrons. The lowest BCUT2D eigenvalue weighted by Crippen LogP contribution is -2.37. The number of hydrogen-bond donors (Lipinski definition) is 2. The zero-order valence-corrected chi connectivity index (χ0v) is 16.7. The molecule has 2 aromatic heterocycles. The van der Waals surface area contributed by atoms with Crippen molar-refractivity contribution in [2.45, 2.75) is 19.8 Å². The highest BCUT2D eigenvalue weighted by atomic mass is 33.1. The van der Waals surface area contributed by atoms with E-state index in [1.165, 1.54) is 38.4 Å². The molecule has 0 bridgehead atoms. The van der Waals surface area contributed by atoms with Crippen LogP contribution in [-0.4, -0.2) is 30.9 Å². The van der Waals surface area contributed by atoms with Crippen molar-refractivity contribution in [1.82, 2.24) is 9.44 Å². The molecule has 2 N–H and O–H groups in total. The topological polar surface area (TPSA) is 146 Å². The van der Waals surface area contributed by atoms with E-state index in [0.29, 0.717) is 9.79 Å². The first-order valence-electron chi connectivity index (χ1n) is 6.79.